The summed E-state index contributed by atoms with van der Waals surface area (Å²) in [7, 11) is 0.500. The molecule has 1 atom stereocenters. The van der Waals surface area contributed by atoms with Gasteiger partial charge in [0.25, 0.3) is 0 Å². The van der Waals surface area contributed by atoms with E-state index in [1.54, 1.807) is 19.1 Å². The fourth-order valence-corrected chi connectivity index (χ4v) is 3.00. The van der Waals surface area contributed by atoms with Gasteiger partial charge in [-0.05, 0) is 50.1 Å². The van der Waals surface area contributed by atoms with Crippen molar-refractivity contribution in [1.29, 1.82) is 0 Å². The lowest BCUT2D eigenvalue weighted by molar-refractivity contribution is -0.149. The summed E-state index contributed by atoms with van der Waals surface area (Å²) >= 11 is 0. The SMILES string of the molecule is CF.Cc1ccc(/C=C/C(=O)O)cc1.Cc1ccc(COc2ccc(C(C)OC(=O)CC=O)c(F)c2)cc1. The van der Waals surface area contributed by atoms with Gasteiger partial charge in [-0.15, -0.1) is 0 Å². The third-order valence-corrected chi connectivity index (χ3v) is 4.99. The second-order valence-electron chi connectivity index (χ2n) is 8.04. The molecule has 0 radical (unpaired) electrons. The number of esters is 1. The summed E-state index contributed by atoms with van der Waals surface area (Å²) in [5, 5.41) is 8.34. The van der Waals surface area contributed by atoms with Crippen molar-refractivity contribution in [3.05, 3.63) is 106 Å². The first-order valence-electron chi connectivity index (χ1n) is 11.6. The third-order valence-electron chi connectivity index (χ3n) is 4.99. The van der Waals surface area contributed by atoms with Crippen molar-refractivity contribution in [2.75, 3.05) is 7.18 Å². The van der Waals surface area contributed by atoms with Gasteiger partial charge in [0.15, 0.2) is 0 Å². The van der Waals surface area contributed by atoms with E-state index in [4.69, 9.17) is 14.6 Å². The van der Waals surface area contributed by atoms with Crippen LogP contribution in [-0.2, 0) is 25.7 Å². The molecule has 1 unspecified atom stereocenters. The van der Waals surface area contributed by atoms with Crippen molar-refractivity contribution in [3.63, 3.8) is 0 Å². The van der Waals surface area contributed by atoms with Gasteiger partial charge in [-0.3, -0.25) is 9.18 Å². The zero-order chi connectivity index (χ0) is 28.5. The molecule has 38 heavy (non-hydrogen) atoms. The number of carboxylic acids is 1. The van der Waals surface area contributed by atoms with Gasteiger partial charge < -0.3 is 19.4 Å². The Bertz CT molecular complexity index is 1190. The molecule has 0 saturated carbocycles. The molecular weight excluding hydrogens is 494 g/mol. The topological polar surface area (TPSA) is 89.9 Å². The summed E-state index contributed by atoms with van der Waals surface area (Å²) < 4.78 is 34.2. The van der Waals surface area contributed by atoms with Crippen LogP contribution in [0, 0.1) is 19.7 Å². The molecule has 0 aliphatic rings. The first-order valence-corrected chi connectivity index (χ1v) is 11.6. The summed E-state index contributed by atoms with van der Waals surface area (Å²) in [6, 6.07) is 19.9. The third kappa shape index (κ3) is 12.1. The van der Waals surface area contributed by atoms with Crippen LogP contribution in [0.2, 0.25) is 0 Å². The second kappa shape index (κ2) is 17.2. The van der Waals surface area contributed by atoms with Crippen LogP contribution >= 0.6 is 0 Å². The van der Waals surface area contributed by atoms with Crippen molar-refractivity contribution in [3.8, 4) is 5.75 Å². The van der Waals surface area contributed by atoms with Crippen LogP contribution in [-0.4, -0.2) is 30.5 Å². The average molecular weight is 527 g/mol. The maximum absolute atomic E-state index is 14.2. The summed E-state index contributed by atoms with van der Waals surface area (Å²) in [5.41, 5.74) is 4.45. The molecule has 0 saturated heterocycles. The molecule has 3 aromatic rings. The number of aliphatic carboxylic acids is 1. The van der Waals surface area contributed by atoms with Crippen molar-refractivity contribution in [2.24, 2.45) is 0 Å². The normalized spacial score (nSPS) is 10.8. The Kier molecular flexibility index (Phi) is 14.3. The Balaban J connectivity index is 0.000000432. The molecule has 8 heteroatoms. The zero-order valence-corrected chi connectivity index (χ0v) is 21.8. The van der Waals surface area contributed by atoms with Gasteiger partial charge in [-0.25, -0.2) is 9.18 Å². The van der Waals surface area contributed by atoms with Crippen molar-refractivity contribution in [1.82, 2.24) is 0 Å². The van der Waals surface area contributed by atoms with E-state index in [0.29, 0.717) is 25.8 Å². The molecule has 0 fully saturated rings. The number of hydrogen-bond donors (Lipinski definition) is 1. The molecule has 1 N–H and O–H groups in total. The number of carbonyl (C=O) groups is 3. The van der Waals surface area contributed by atoms with Crippen LogP contribution in [0.1, 0.15) is 47.3 Å². The molecule has 0 heterocycles. The second-order valence-corrected chi connectivity index (χ2v) is 8.04. The molecule has 0 bridgehead atoms. The molecular formula is C30H32F2O6. The van der Waals surface area contributed by atoms with Crippen LogP contribution in [0.25, 0.3) is 6.08 Å². The van der Waals surface area contributed by atoms with E-state index in [2.05, 4.69) is 0 Å². The quantitative estimate of drug-likeness (QED) is 0.147. The van der Waals surface area contributed by atoms with E-state index in [-0.39, 0.29) is 12.0 Å². The fourth-order valence-electron chi connectivity index (χ4n) is 3.00. The van der Waals surface area contributed by atoms with Crippen molar-refractivity contribution >= 4 is 24.3 Å². The molecule has 3 aromatic carbocycles. The molecule has 0 spiro atoms. The van der Waals surface area contributed by atoms with E-state index in [1.165, 1.54) is 17.7 Å². The summed E-state index contributed by atoms with van der Waals surface area (Å²) in [6.45, 7) is 5.88. The van der Waals surface area contributed by atoms with Gasteiger partial charge in [0, 0.05) is 17.7 Å². The maximum Gasteiger partial charge on any atom is 0.328 e. The van der Waals surface area contributed by atoms with Gasteiger partial charge in [0.05, 0.1) is 7.18 Å². The molecule has 0 aromatic heterocycles. The number of halogens is 2. The predicted molar refractivity (Wildman–Crippen MR) is 142 cm³/mol. The Morgan fingerprint density at radius 3 is 2.05 bits per heavy atom. The van der Waals surface area contributed by atoms with Gasteiger partial charge in [0.2, 0.25) is 0 Å². The molecule has 202 valence electrons. The number of carboxylic acid groups (broad SMARTS) is 1. The summed E-state index contributed by atoms with van der Waals surface area (Å²) in [6.07, 6.45) is 2.03. The Hall–Kier alpha value is -4.33. The number of hydrogen-bond acceptors (Lipinski definition) is 5. The lowest BCUT2D eigenvalue weighted by Crippen LogP contribution is -2.10. The lowest BCUT2D eigenvalue weighted by atomic mass is 10.1. The molecule has 3 rings (SSSR count). The van der Waals surface area contributed by atoms with Crippen molar-refractivity contribution < 1.29 is 37.7 Å². The van der Waals surface area contributed by atoms with E-state index in [9.17, 15) is 23.2 Å². The first-order chi connectivity index (χ1) is 18.2. The highest BCUT2D eigenvalue weighted by atomic mass is 19.1. The van der Waals surface area contributed by atoms with E-state index < -0.39 is 23.9 Å². The minimum absolute atomic E-state index is 0.233. The van der Waals surface area contributed by atoms with Gasteiger partial charge in [-0.1, -0.05) is 59.7 Å². The van der Waals surface area contributed by atoms with Gasteiger partial charge in [-0.2, -0.15) is 0 Å². The van der Waals surface area contributed by atoms with Gasteiger partial charge >= 0.3 is 11.9 Å². The summed E-state index contributed by atoms with van der Waals surface area (Å²) in [4.78, 5) is 31.7. The maximum atomic E-state index is 14.2. The van der Waals surface area contributed by atoms with Crippen LogP contribution in [0.15, 0.2) is 72.8 Å². The number of rotatable bonds is 9. The minimum atomic E-state index is -0.921. The first kappa shape index (κ1) is 31.7. The zero-order valence-electron chi connectivity index (χ0n) is 21.8. The van der Waals surface area contributed by atoms with Crippen LogP contribution in [0.5, 0.6) is 5.75 Å². The monoisotopic (exact) mass is 526 g/mol. The van der Waals surface area contributed by atoms with Crippen molar-refractivity contribution in [2.45, 2.75) is 39.9 Å². The minimum Gasteiger partial charge on any atom is -0.489 e. The van der Waals surface area contributed by atoms with E-state index >= 15 is 0 Å². The highest BCUT2D eigenvalue weighted by molar-refractivity contribution is 5.85. The Morgan fingerprint density at radius 1 is 0.947 bits per heavy atom. The number of aryl methyl sites for hydroxylation is 2. The standard InChI is InChI=1S/C19H19FO4.C10H10O2.CH3F/c1-13-3-5-15(6-4-13)12-23-16-7-8-17(18(20)11-16)14(2)24-19(22)9-10-21;1-8-2-4-9(5-3-8)6-7-10(11)12;1-2/h3-8,10-11,14H,9,12H2,1-2H3;2-7H,1H3,(H,11,12);1H3/b;7-6+;. The highest BCUT2D eigenvalue weighted by Crippen LogP contribution is 2.25. The van der Waals surface area contributed by atoms with Crippen LogP contribution in [0.4, 0.5) is 8.78 Å². The lowest BCUT2D eigenvalue weighted by Gasteiger charge is -2.15. The molecule has 0 aliphatic carbocycles. The number of carbonyl (C=O) groups excluding carboxylic acids is 2. The Morgan fingerprint density at radius 2 is 1.53 bits per heavy atom. The Labute approximate surface area is 221 Å². The fraction of sp³-hybridized carbons (Fsp3) is 0.233. The number of aldehydes is 1. The largest absolute Gasteiger partial charge is 0.489 e. The van der Waals surface area contributed by atoms with E-state index in [0.717, 1.165) is 22.8 Å². The van der Waals surface area contributed by atoms with Crippen LogP contribution < -0.4 is 4.74 Å². The molecule has 0 aliphatic heterocycles. The number of alkyl halides is 1. The highest BCUT2D eigenvalue weighted by Gasteiger charge is 2.16. The molecule has 0 amide bonds. The van der Waals surface area contributed by atoms with Crippen LogP contribution in [0.3, 0.4) is 0 Å². The molecule has 6 nitrogen and oxygen atoms in total. The predicted octanol–water partition coefficient (Wildman–Crippen LogP) is 6.58. The number of benzene rings is 3. The van der Waals surface area contributed by atoms with Gasteiger partial charge in [0.1, 0.15) is 37.0 Å². The average Bonchev–Trinajstić information content (AvgIpc) is 2.89. The number of ether oxygens (including phenoxy) is 2. The summed E-state index contributed by atoms with van der Waals surface area (Å²) in [5.74, 6) is -1.74. The van der Waals surface area contributed by atoms with E-state index in [1.807, 2.05) is 62.4 Å². The smallest absolute Gasteiger partial charge is 0.328 e.